The third-order valence-electron chi connectivity index (χ3n) is 2.19. The van der Waals surface area contributed by atoms with Crippen LogP contribution in [0.1, 0.15) is 19.3 Å². The van der Waals surface area contributed by atoms with Crippen molar-refractivity contribution < 1.29 is 14.3 Å². The summed E-state index contributed by atoms with van der Waals surface area (Å²) >= 11 is 0. The highest BCUT2D eigenvalue weighted by molar-refractivity contribution is 5.94. The van der Waals surface area contributed by atoms with Crippen molar-refractivity contribution in [1.82, 2.24) is 5.32 Å². The van der Waals surface area contributed by atoms with E-state index in [1.807, 2.05) is 0 Å². The highest BCUT2D eigenvalue weighted by atomic mass is 16.6. The molecule has 1 unspecified atom stereocenters. The van der Waals surface area contributed by atoms with Gasteiger partial charge in [0.05, 0.1) is 12.3 Å². The molecule has 3 N–H and O–H groups in total. The number of hydrogen-bond acceptors (Lipinski definition) is 5. The van der Waals surface area contributed by atoms with Crippen molar-refractivity contribution in [1.29, 1.82) is 0 Å². The van der Waals surface area contributed by atoms with Gasteiger partial charge in [-0.1, -0.05) is 0 Å². The Morgan fingerprint density at radius 1 is 1.43 bits per heavy atom. The molecule has 0 bridgehead atoms. The van der Waals surface area contributed by atoms with Gasteiger partial charge in [0.2, 0.25) is 0 Å². The Morgan fingerprint density at radius 2 is 2.21 bits per heavy atom. The molecule has 0 aromatic heterocycles. The van der Waals surface area contributed by atoms with Gasteiger partial charge in [-0.2, -0.15) is 0 Å². The van der Waals surface area contributed by atoms with Crippen LogP contribution >= 0.6 is 0 Å². The first kappa shape index (κ1) is 11.1. The van der Waals surface area contributed by atoms with E-state index in [0.29, 0.717) is 13.0 Å². The molecule has 14 heavy (non-hydrogen) atoms. The van der Waals surface area contributed by atoms with Gasteiger partial charge in [0.1, 0.15) is 0 Å². The van der Waals surface area contributed by atoms with Crippen molar-refractivity contribution >= 4 is 11.9 Å². The molecule has 0 spiro atoms. The molecular weight excluding hydrogens is 184 g/mol. The van der Waals surface area contributed by atoms with Crippen molar-refractivity contribution in [3.63, 3.8) is 0 Å². The molecule has 0 amide bonds. The monoisotopic (exact) mass is 200 g/mol. The minimum Gasteiger partial charge on any atom is -0.393 e. The van der Waals surface area contributed by atoms with Crippen LogP contribution in [0.25, 0.3) is 0 Å². The number of nitrogens with two attached hydrogens (primary N) is 1. The fourth-order valence-electron chi connectivity index (χ4n) is 1.44. The van der Waals surface area contributed by atoms with E-state index < -0.39 is 5.97 Å². The zero-order valence-corrected chi connectivity index (χ0v) is 8.12. The van der Waals surface area contributed by atoms with Gasteiger partial charge < -0.3 is 15.8 Å². The number of carbonyl (C=O) groups is 2. The summed E-state index contributed by atoms with van der Waals surface area (Å²) in [5, 5.41) is 3.12. The Labute approximate surface area is 83.0 Å². The first-order chi connectivity index (χ1) is 6.74. The number of ether oxygens (including phenoxy) is 1. The normalized spacial score (nSPS) is 21.4. The molecule has 5 nitrogen and oxygen atoms in total. The second-order valence-electron chi connectivity index (χ2n) is 3.38. The minimum atomic E-state index is -0.394. The highest BCUT2D eigenvalue weighted by Crippen LogP contribution is 2.20. The summed E-state index contributed by atoms with van der Waals surface area (Å²) in [6.45, 7) is 2.23. The first-order valence-corrected chi connectivity index (χ1v) is 4.89. The molecule has 1 rings (SSSR count). The lowest BCUT2D eigenvalue weighted by Gasteiger charge is -2.04. The van der Waals surface area contributed by atoms with Crippen molar-refractivity contribution in [2.75, 3.05) is 19.6 Å². The van der Waals surface area contributed by atoms with Crippen LogP contribution < -0.4 is 11.1 Å². The van der Waals surface area contributed by atoms with E-state index in [1.165, 1.54) is 0 Å². The number of cyclic esters (lactones) is 2. The third-order valence-corrected chi connectivity index (χ3v) is 2.19. The van der Waals surface area contributed by atoms with Gasteiger partial charge >= 0.3 is 11.9 Å². The zero-order valence-electron chi connectivity index (χ0n) is 8.12. The van der Waals surface area contributed by atoms with E-state index in [-0.39, 0.29) is 18.3 Å². The van der Waals surface area contributed by atoms with Gasteiger partial charge in [-0.15, -0.1) is 0 Å². The summed E-state index contributed by atoms with van der Waals surface area (Å²) in [5.41, 5.74) is 5.29. The lowest BCUT2D eigenvalue weighted by atomic mass is 10.0. The van der Waals surface area contributed by atoms with Crippen LogP contribution in [0, 0.1) is 5.92 Å². The van der Waals surface area contributed by atoms with Crippen LogP contribution in [-0.2, 0) is 14.3 Å². The predicted molar refractivity (Wildman–Crippen MR) is 50.4 cm³/mol. The standard InChI is InChI=1S/C9H16N2O3/c10-3-5-11-4-1-2-7-6-8(12)14-9(7)13/h7,11H,1-6,10H2. The molecule has 0 radical (unpaired) electrons. The highest BCUT2D eigenvalue weighted by Gasteiger charge is 2.32. The second kappa shape index (κ2) is 5.72. The van der Waals surface area contributed by atoms with Gasteiger partial charge in [0.25, 0.3) is 0 Å². The molecule has 5 heteroatoms. The summed E-state index contributed by atoms with van der Waals surface area (Å²) < 4.78 is 4.43. The van der Waals surface area contributed by atoms with Crippen molar-refractivity contribution in [3.05, 3.63) is 0 Å². The number of rotatable bonds is 6. The van der Waals surface area contributed by atoms with Crippen LogP contribution in [0.2, 0.25) is 0 Å². The molecule has 1 fully saturated rings. The van der Waals surface area contributed by atoms with Crippen LogP contribution in [0.5, 0.6) is 0 Å². The number of hydrogen-bond donors (Lipinski definition) is 2. The van der Waals surface area contributed by atoms with E-state index >= 15 is 0 Å². The van der Waals surface area contributed by atoms with Crippen LogP contribution in [0.4, 0.5) is 0 Å². The molecule has 1 atom stereocenters. The van der Waals surface area contributed by atoms with Gasteiger partial charge in [-0.3, -0.25) is 9.59 Å². The molecule has 1 saturated heterocycles. The lowest BCUT2D eigenvalue weighted by molar-refractivity contribution is -0.153. The quantitative estimate of drug-likeness (QED) is 0.340. The average molecular weight is 200 g/mol. The third kappa shape index (κ3) is 3.43. The van der Waals surface area contributed by atoms with Crippen LogP contribution in [-0.4, -0.2) is 31.6 Å². The number of nitrogens with one attached hydrogen (secondary N) is 1. The maximum Gasteiger partial charge on any atom is 0.317 e. The molecule has 80 valence electrons. The summed E-state index contributed by atoms with van der Waals surface area (Å²) in [6, 6.07) is 0. The minimum absolute atomic E-state index is 0.220. The number of esters is 2. The fourth-order valence-corrected chi connectivity index (χ4v) is 1.44. The topological polar surface area (TPSA) is 81.4 Å². The Balaban J connectivity index is 2.07. The molecule has 0 saturated carbocycles. The molecular formula is C9H16N2O3. The van der Waals surface area contributed by atoms with Crippen molar-refractivity contribution in [2.24, 2.45) is 11.7 Å². The summed E-state index contributed by atoms with van der Waals surface area (Å²) in [4.78, 5) is 21.7. The first-order valence-electron chi connectivity index (χ1n) is 4.89. The molecule has 0 aliphatic carbocycles. The largest absolute Gasteiger partial charge is 0.393 e. The van der Waals surface area contributed by atoms with E-state index in [4.69, 9.17) is 5.73 Å². The Morgan fingerprint density at radius 3 is 2.79 bits per heavy atom. The summed E-state index contributed by atoms with van der Waals surface area (Å²) in [5.74, 6) is -0.981. The maximum atomic E-state index is 11.0. The lowest BCUT2D eigenvalue weighted by Crippen LogP contribution is -2.24. The van der Waals surface area contributed by atoms with Gasteiger partial charge in [-0.05, 0) is 19.4 Å². The van der Waals surface area contributed by atoms with Gasteiger partial charge in [-0.25, -0.2) is 0 Å². The predicted octanol–water partition coefficient (Wildman–Crippen LogP) is -0.595. The molecule has 0 aromatic rings. The summed E-state index contributed by atoms with van der Waals surface area (Å²) in [7, 11) is 0. The van der Waals surface area contributed by atoms with Crippen LogP contribution in [0.15, 0.2) is 0 Å². The second-order valence-corrected chi connectivity index (χ2v) is 3.38. The van der Waals surface area contributed by atoms with E-state index in [9.17, 15) is 9.59 Å². The van der Waals surface area contributed by atoms with E-state index in [2.05, 4.69) is 10.1 Å². The fraction of sp³-hybridized carbons (Fsp3) is 0.778. The van der Waals surface area contributed by atoms with Crippen LogP contribution in [0.3, 0.4) is 0 Å². The molecule has 1 aliphatic heterocycles. The Kier molecular flexibility index (Phi) is 4.55. The van der Waals surface area contributed by atoms with Crippen molar-refractivity contribution in [3.8, 4) is 0 Å². The Hall–Kier alpha value is -0.940. The molecule has 0 aromatic carbocycles. The zero-order chi connectivity index (χ0) is 10.4. The van der Waals surface area contributed by atoms with Gasteiger partial charge in [0.15, 0.2) is 0 Å². The SMILES string of the molecule is NCCNCCCC1CC(=O)OC1=O. The smallest absolute Gasteiger partial charge is 0.317 e. The average Bonchev–Trinajstić information content (AvgIpc) is 2.45. The van der Waals surface area contributed by atoms with E-state index in [1.54, 1.807) is 0 Å². The van der Waals surface area contributed by atoms with E-state index in [0.717, 1.165) is 19.5 Å². The Bertz CT molecular complexity index is 218. The molecule has 1 heterocycles. The maximum absolute atomic E-state index is 11.0. The van der Waals surface area contributed by atoms with Crippen molar-refractivity contribution in [2.45, 2.75) is 19.3 Å². The molecule has 1 aliphatic rings. The van der Waals surface area contributed by atoms with Gasteiger partial charge in [0, 0.05) is 13.1 Å². The number of carbonyl (C=O) groups excluding carboxylic acids is 2. The summed E-state index contributed by atoms with van der Waals surface area (Å²) in [6.07, 6.45) is 1.82.